The Bertz CT molecular complexity index is 1130. The van der Waals surface area contributed by atoms with E-state index in [0.29, 0.717) is 27.9 Å². The number of anilines is 1. The number of benzene rings is 2. The smallest absolute Gasteiger partial charge is 0.338 e. The van der Waals surface area contributed by atoms with Gasteiger partial charge in [0.2, 0.25) is 5.91 Å². The van der Waals surface area contributed by atoms with E-state index in [1.54, 1.807) is 38.1 Å². The van der Waals surface area contributed by atoms with Crippen LogP contribution in [-0.4, -0.2) is 33.7 Å². The Morgan fingerprint density at radius 3 is 2.62 bits per heavy atom. The minimum atomic E-state index is -0.457. The number of amides is 1. The molecule has 1 aromatic heterocycles. The van der Waals surface area contributed by atoms with Crippen LogP contribution in [0.25, 0.3) is 0 Å². The third-order valence-electron chi connectivity index (χ3n) is 3.97. The molecule has 0 saturated heterocycles. The summed E-state index contributed by atoms with van der Waals surface area (Å²) in [5.41, 5.74) is 0.948. The van der Waals surface area contributed by atoms with Gasteiger partial charge >= 0.3 is 5.97 Å². The van der Waals surface area contributed by atoms with Crippen molar-refractivity contribution in [2.45, 2.75) is 31.7 Å². The molecule has 32 heavy (non-hydrogen) atoms. The highest BCUT2D eigenvalue weighted by atomic mass is 32.2. The summed E-state index contributed by atoms with van der Waals surface area (Å²) < 4.78 is 10.8. The Labute approximate surface area is 189 Å². The number of hydrogen-bond donors (Lipinski definition) is 2. The topological polar surface area (TPSA) is 110 Å². The normalized spacial score (nSPS) is 10.6. The molecule has 166 valence electrons. The molecule has 0 bridgehead atoms. The van der Waals surface area contributed by atoms with Crippen molar-refractivity contribution in [3.05, 3.63) is 82.3 Å². The molecule has 9 heteroatoms. The molecule has 3 aromatic rings. The number of carbonyl (C=O) groups excluding carboxylic acids is 2. The lowest BCUT2D eigenvalue weighted by Crippen LogP contribution is -2.17. The van der Waals surface area contributed by atoms with E-state index in [0.717, 1.165) is 11.8 Å². The van der Waals surface area contributed by atoms with Gasteiger partial charge in [-0.1, -0.05) is 36.0 Å². The first-order valence-electron chi connectivity index (χ1n) is 9.91. The summed E-state index contributed by atoms with van der Waals surface area (Å²) in [5.74, 6) is -0.0745. The molecular weight excluding hydrogens is 430 g/mol. The van der Waals surface area contributed by atoms with E-state index in [9.17, 15) is 14.4 Å². The zero-order valence-electron chi connectivity index (χ0n) is 17.7. The van der Waals surface area contributed by atoms with Crippen LogP contribution in [0.15, 0.2) is 70.6 Å². The van der Waals surface area contributed by atoms with Crippen molar-refractivity contribution < 1.29 is 19.1 Å². The number of thioether (sulfide) groups is 1. The first-order valence-corrected chi connectivity index (χ1v) is 10.9. The predicted octanol–water partition coefficient (Wildman–Crippen LogP) is 3.64. The first kappa shape index (κ1) is 23.1. The number of rotatable bonds is 9. The molecule has 2 N–H and O–H groups in total. The molecule has 3 rings (SSSR count). The highest BCUT2D eigenvalue weighted by molar-refractivity contribution is 7.99. The lowest BCUT2D eigenvalue weighted by atomic mass is 10.2. The number of H-pyrrole nitrogens is 1. The zero-order valence-corrected chi connectivity index (χ0v) is 18.5. The summed E-state index contributed by atoms with van der Waals surface area (Å²) in [6.07, 6.45) is -0.236. The summed E-state index contributed by atoms with van der Waals surface area (Å²) >= 11 is 1.09. The number of carbonyl (C=O) groups is 2. The van der Waals surface area contributed by atoms with Gasteiger partial charge in [0, 0.05) is 11.8 Å². The summed E-state index contributed by atoms with van der Waals surface area (Å²) in [6, 6.07) is 17.1. The van der Waals surface area contributed by atoms with Crippen molar-refractivity contribution in [2.75, 3.05) is 11.1 Å². The van der Waals surface area contributed by atoms with E-state index in [-0.39, 0.29) is 29.9 Å². The summed E-state index contributed by atoms with van der Waals surface area (Å²) in [6.45, 7) is 3.66. The molecule has 0 aliphatic carbocycles. The Morgan fingerprint density at radius 1 is 1.09 bits per heavy atom. The average Bonchev–Trinajstić information content (AvgIpc) is 2.76. The van der Waals surface area contributed by atoms with Crippen LogP contribution in [0.5, 0.6) is 5.75 Å². The van der Waals surface area contributed by atoms with Gasteiger partial charge in [-0.05, 0) is 44.2 Å². The molecule has 2 aromatic carbocycles. The van der Waals surface area contributed by atoms with Crippen molar-refractivity contribution >= 4 is 29.3 Å². The van der Waals surface area contributed by atoms with Gasteiger partial charge in [0.05, 0.1) is 23.1 Å². The van der Waals surface area contributed by atoms with Gasteiger partial charge < -0.3 is 19.8 Å². The Morgan fingerprint density at radius 2 is 1.88 bits per heavy atom. The average molecular weight is 454 g/mol. The first-order chi connectivity index (χ1) is 15.4. The zero-order chi connectivity index (χ0) is 22.9. The van der Waals surface area contributed by atoms with Crippen LogP contribution >= 0.6 is 11.8 Å². The second-order valence-corrected chi connectivity index (χ2v) is 7.98. The Hall–Kier alpha value is -3.59. The highest BCUT2D eigenvalue weighted by Gasteiger charge is 2.12. The lowest BCUT2D eigenvalue weighted by molar-refractivity contribution is -0.113. The molecule has 8 nitrogen and oxygen atoms in total. The largest absolute Gasteiger partial charge is 0.487 e. The number of aromatic nitrogens is 2. The number of nitrogens with zero attached hydrogens (tertiary/aromatic N) is 1. The van der Waals surface area contributed by atoms with E-state index < -0.39 is 5.97 Å². The van der Waals surface area contributed by atoms with Crippen LogP contribution in [0, 0.1) is 0 Å². The molecule has 1 heterocycles. The molecule has 0 atom stereocenters. The van der Waals surface area contributed by atoms with E-state index in [4.69, 9.17) is 9.47 Å². The van der Waals surface area contributed by atoms with E-state index in [2.05, 4.69) is 15.3 Å². The molecule has 0 aliphatic rings. The lowest BCUT2D eigenvalue weighted by Gasteiger charge is -2.10. The van der Waals surface area contributed by atoms with Crippen LogP contribution in [0.2, 0.25) is 0 Å². The predicted molar refractivity (Wildman–Crippen MR) is 122 cm³/mol. The molecular formula is C23H23N3O5S. The molecule has 0 aliphatic heterocycles. The van der Waals surface area contributed by atoms with Crippen molar-refractivity contribution in [3.8, 4) is 5.75 Å². The number of ether oxygens (including phenoxy) is 2. The monoisotopic (exact) mass is 453 g/mol. The van der Waals surface area contributed by atoms with Gasteiger partial charge in [-0.3, -0.25) is 9.59 Å². The van der Waals surface area contributed by atoms with Crippen LogP contribution in [-0.2, 0) is 16.1 Å². The Kier molecular flexibility index (Phi) is 8.04. The van der Waals surface area contributed by atoms with E-state index >= 15 is 0 Å². The molecule has 0 spiro atoms. The maximum absolute atomic E-state index is 12.3. The summed E-state index contributed by atoms with van der Waals surface area (Å²) in [7, 11) is 0. The van der Waals surface area contributed by atoms with Crippen molar-refractivity contribution in [1.82, 2.24) is 9.97 Å². The fourth-order valence-electron chi connectivity index (χ4n) is 2.64. The van der Waals surface area contributed by atoms with Crippen molar-refractivity contribution in [3.63, 3.8) is 0 Å². The SMILES string of the molecule is CC(C)OC(=O)c1cccc(NC(=O)CSc2nc(COc3ccccc3)cc(=O)[nH]2)c1. The minimum Gasteiger partial charge on any atom is -0.487 e. The van der Waals surface area contributed by atoms with Gasteiger partial charge in [0.1, 0.15) is 12.4 Å². The van der Waals surface area contributed by atoms with Crippen LogP contribution in [0.1, 0.15) is 29.9 Å². The molecule has 0 unspecified atom stereocenters. The summed E-state index contributed by atoms with van der Waals surface area (Å²) in [5, 5.41) is 3.04. The van der Waals surface area contributed by atoms with Crippen LogP contribution in [0.3, 0.4) is 0 Å². The molecule has 0 fully saturated rings. The quantitative estimate of drug-likeness (QED) is 0.289. The number of esters is 1. The Balaban J connectivity index is 1.56. The standard InChI is InChI=1S/C23H23N3O5S/c1-15(2)31-22(29)16-7-6-8-17(11-16)24-21(28)14-32-23-25-18(12-20(27)26-23)13-30-19-9-4-3-5-10-19/h3-12,15H,13-14H2,1-2H3,(H,24,28)(H,25,26,27). The maximum Gasteiger partial charge on any atom is 0.338 e. The second-order valence-electron chi connectivity index (χ2n) is 7.02. The van der Waals surface area contributed by atoms with Crippen LogP contribution < -0.4 is 15.6 Å². The highest BCUT2D eigenvalue weighted by Crippen LogP contribution is 2.16. The van der Waals surface area contributed by atoms with Crippen molar-refractivity contribution in [2.24, 2.45) is 0 Å². The third kappa shape index (κ3) is 7.28. The number of para-hydroxylation sites is 1. The van der Waals surface area contributed by atoms with Crippen LogP contribution in [0.4, 0.5) is 5.69 Å². The molecule has 1 amide bonds. The summed E-state index contributed by atoms with van der Waals surface area (Å²) in [4.78, 5) is 43.2. The fraction of sp³-hybridized carbons (Fsp3) is 0.217. The van der Waals surface area contributed by atoms with Crippen molar-refractivity contribution in [1.29, 1.82) is 0 Å². The fourth-order valence-corrected chi connectivity index (χ4v) is 3.33. The van der Waals surface area contributed by atoms with E-state index in [1.165, 1.54) is 6.07 Å². The van der Waals surface area contributed by atoms with E-state index in [1.807, 2.05) is 30.3 Å². The number of hydrogen-bond acceptors (Lipinski definition) is 7. The van der Waals surface area contributed by atoms with Gasteiger partial charge in [0.25, 0.3) is 5.56 Å². The van der Waals surface area contributed by atoms with Gasteiger partial charge in [0.15, 0.2) is 5.16 Å². The number of nitrogens with one attached hydrogen (secondary N) is 2. The maximum atomic E-state index is 12.3. The van der Waals surface area contributed by atoms with Gasteiger partial charge in [-0.25, -0.2) is 9.78 Å². The van der Waals surface area contributed by atoms with Gasteiger partial charge in [-0.2, -0.15) is 0 Å². The molecule has 0 radical (unpaired) electrons. The number of aromatic amines is 1. The third-order valence-corrected chi connectivity index (χ3v) is 4.84. The second kappa shape index (κ2) is 11.1. The molecule has 0 saturated carbocycles. The van der Waals surface area contributed by atoms with Gasteiger partial charge in [-0.15, -0.1) is 0 Å². The minimum absolute atomic E-state index is 0.0204.